The molecule has 0 aliphatic rings. The molecule has 94 valence electrons. The molecule has 2 aromatic heterocycles. The Labute approximate surface area is 118 Å². The molecule has 0 bridgehead atoms. The predicted molar refractivity (Wildman–Crippen MR) is 74.8 cm³/mol. The Balaban J connectivity index is 1.87. The summed E-state index contributed by atoms with van der Waals surface area (Å²) in [5.41, 5.74) is 1.43. The molecular weight excluding hydrogens is 314 g/mol. The van der Waals surface area contributed by atoms with Gasteiger partial charge in [-0.05, 0) is 35.0 Å². The number of carbonyl (C=O) groups excluding carboxylic acids is 1. The van der Waals surface area contributed by atoms with Crippen molar-refractivity contribution < 1.29 is 4.79 Å². The van der Waals surface area contributed by atoms with E-state index in [9.17, 15) is 4.79 Å². The molecule has 0 spiro atoms. The van der Waals surface area contributed by atoms with Crippen molar-refractivity contribution in [1.82, 2.24) is 15.3 Å². The highest BCUT2D eigenvalue weighted by molar-refractivity contribution is 9.10. The van der Waals surface area contributed by atoms with Crippen molar-refractivity contribution in [2.24, 2.45) is 0 Å². The number of amides is 1. The van der Waals surface area contributed by atoms with E-state index in [0.717, 1.165) is 17.1 Å². The van der Waals surface area contributed by atoms with Crippen molar-refractivity contribution in [1.29, 1.82) is 0 Å². The maximum Gasteiger partial charge on any atom is 0.271 e. The molecule has 0 saturated carbocycles. The van der Waals surface area contributed by atoms with Crippen LogP contribution >= 0.6 is 27.3 Å². The zero-order chi connectivity index (χ0) is 13.0. The van der Waals surface area contributed by atoms with Crippen molar-refractivity contribution in [3.63, 3.8) is 0 Å². The van der Waals surface area contributed by atoms with E-state index in [1.165, 1.54) is 0 Å². The lowest BCUT2D eigenvalue weighted by molar-refractivity contribution is 0.0948. The van der Waals surface area contributed by atoms with Crippen LogP contribution in [0.4, 0.5) is 0 Å². The van der Waals surface area contributed by atoms with Crippen molar-refractivity contribution in [3.8, 4) is 0 Å². The average molecular weight is 326 g/mol. The molecule has 6 heteroatoms. The van der Waals surface area contributed by atoms with Crippen LogP contribution in [0.5, 0.6) is 0 Å². The zero-order valence-corrected chi connectivity index (χ0v) is 12.2. The van der Waals surface area contributed by atoms with Gasteiger partial charge in [-0.3, -0.25) is 4.79 Å². The fourth-order valence-corrected chi connectivity index (χ4v) is 2.65. The van der Waals surface area contributed by atoms with Gasteiger partial charge in [0.15, 0.2) is 0 Å². The number of hydrogen-bond donors (Lipinski definition) is 1. The first-order chi connectivity index (χ1) is 8.66. The number of hydrogen-bond acceptors (Lipinski definition) is 4. The van der Waals surface area contributed by atoms with E-state index in [4.69, 9.17) is 0 Å². The second-order valence-electron chi connectivity index (χ2n) is 3.72. The number of carbonyl (C=O) groups is 1. The Hall–Kier alpha value is -1.27. The Morgan fingerprint density at radius 1 is 1.56 bits per heavy atom. The van der Waals surface area contributed by atoms with Gasteiger partial charge in [-0.25, -0.2) is 9.97 Å². The van der Waals surface area contributed by atoms with Crippen LogP contribution in [0.1, 0.15) is 21.2 Å². The summed E-state index contributed by atoms with van der Waals surface area (Å²) >= 11 is 4.92. The molecule has 0 aliphatic carbocycles. The number of pyridine rings is 1. The van der Waals surface area contributed by atoms with Gasteiger partial charge >= 0.3 is 0 Å². The van der Waals surface area contributed by atoms with Crippen LogP contribution in [0.25, 0.3) is 0 Å². The molecule has 1 amide bonds. The molecule has 2 heterocycles. The minimum atomic E-state index is -0.171. The first-order valence-electron chi connectivity index (χ1n) is 5.46. The van der Waals surface area contributed by atoms with Gasteiger partial charge in [-0.1, -0.05) is 0 Å². The summed E-state index contributed by atoms with van der Waals surface area (Å²) < 4.78 is 0.701. The van der Waals surface area contributed by atoms with Crippen LogP contribution in [-0.4, -0.2) is 22.4 Å². The lowest BCUT2D eigenvalue weighted by Gasteiger charge is -2.04. The first-order valence-corrected chi connectivity index (χ1v) is 7.14. The molecule has 0 radical (unpaired) electrons. The van der Waals surface area contributed by atoms with Gasteiger partial charge in [-0.15, -0.1) is 11.3 Å². The van der Waals surface area contributed by atoms with Gasteiger partial charge in [0.05, 0.1) is 5.01 Å². The average Bonchev–Trinajstić information content (AvgIpc) is 2.75. The Bertz CT molecular complexity index is 556. The Morgan fingerprint density at radius 2 is 2.39 bits per heavy atom. The minimum absolute atomic E-state index is 0.171. The van der Waals surface area contributed by atoms with E-state index in [1.807, 2.05) is 12.3 Å². The molecule has 2 rings (SSSR count). The summed E-state index contributed by atoms with van der Waals surface area (Å²) in [4.78, 5) is 20.2. The number of halogens is 1. The summed E-state index contributed by atoms with van der Waals surface area (Å²) in [5.74, 6) is -0.171. The van der Waals surface area contributed by atoms with Crippen LogP contribution in [0.2, 0.25) is 0 Å². The first kappa shape index (κ1) is 13.2. The standard InChI is InChI=1S/C12H12BrN3OS/c1-8-7-18-10(16-8)4-6-15-12(17)11-9(13)3-2-5-14-11/h2-3,5,7H,4,6H2,1H3,(H,15,17). The van der Waals surface area contributed by atoms with Gasteiger partial charge in [0.2, 0.25) is 0 Å². The second kappa shape index (κ2) is 6.06. The van der Waals surface area contributed by atoms with Crippen LogP contribution in [0, 0.1) is 6.92 Å². The lowest BCUT2D eigenvalue weighted by atomic mass is 10.3. The fraction of sp³-hybridized carbons (Fsp3) is 0.250. The molecule has 2 aromatic rings. The van der Waals surface area contributed by atoms with E-state index >= 15 is 0 Å². The summed E-state index contributed by atoms with van der Waals surface area (Å²) in [6.07, 6.45) is 2.35. The van der Waals surface area contributed by atoms with Crippen molar-refractivity contribution in [2.45, 2.75) is 13.3 Å². The van der Waals surface area contributed by atoms with Crippen LogP contribution < -0.4 is 5.32 Å². The van der Waals surface area contributed by atoms with Crippen LogP contribution in [0.3, 0.4) is 0 Å². The Kier molecular flexibility index (Phi) is 4.43. The molecule has 0 saturated heterocycles. The monoisotopic (exact) mass is 325 g/mol. The molecule has 0 atom stereocenters. The van der Waals surface area contributed by atoms with Gasteiger partial charge in [-0.2, -0.15) is 0 Å². The van der Waals surface area contributed by atoms with E-state index in [0.29, 0.717) is 16.7 Å². The van der Waals surface area contributed by atoms with E-state index in [1.54, 1.807) is 29.7 Å². The van der Waals surface area contributed by atoms with Crippen molar-refractivity contribution >= 4 is 33.2 Å². The SMILES string of the molecule is Cc1csc(CCNC(=O)c2ncccc2Br)n1. The maximum atomic E-state index is 11.8. The van der Waals surface area contributed by atoms with E-state index < -0.39 is 0 Å². The van der Waals surface area contributed by atoms with Gasteiger partial charge in [0, 0.05) is 34.7 Å². The van der Waals surface area contributed by atoms with Crippen LogP contribution in [-0.2, 0) is 6.42 Å². The summed E-state index contributed by atoms with van der Waals surface area (Å²) in [5, 5.41) is 5.87. The third kappa shape index (κ3) is 3.36. The smallest absolute Gasteiger partial charge is 0.271 e. The highest BCUT2D eigenvalue weighted by Gasteiger charge is 2.10. The molecule has 0 fully saturated rings. The molecular formula is C12H12BrN3OS. The van der Waals surface area contributed by atoms with Crippen LogP contribution in [0.15, 0.2) is 28.2 Å². The quantitative estimate of drug-likeness (QED) is 0.940. The highest BCUT2D eigenvalue weighted by atomic mass is 79.9. The van der Waals surface area contributed by atoms with Crippen molar-refractivity contribution in [2.75, 3.05) is 6.54 Å². The largest absolute Gasteiger partial charge is 0.350 e. The third-order valence-corrected chi connectivity index (χ3v) is 3.93. The summed E-state index contributed by atoms with van der Waals surface area (Å²) in [6.45, 7) is 2.53. The normalized spacial score (nSPS) is 10.3. The van der Waals surface area contributed by atoms with Gasteiger partial charge < -0.3 is 5.32 Å². The highest BCUT2D eigenvalue weighted by Crippen LogP contribution is 2.13. The fourth-order valence-electron chi connectivity index (χ4n) is 1.44. The lowest BCUT2D eigenvalue weighted by Crippen LogP contribution is -2.26. The molecule has 4 nitrogen and oxygen atoms in total. The molecule has 0 unspecified atom stereocenters. The molecule has 1 N–H and O–H groups in total. The summed E-state index contributed by atoms with van der Waals surface area (Å²) in [6, 6.07) is 3.57. The third-order valence-electron chi connectivity index (χ3n) is 2.26. The number of aryl methyl sites for hydroxylation is 1. The number of aromatic nitrogens is 2. The van der Waals surface area contributed by atoms with Gasteiger partial charge in [0.1, 0.15) is 5.69 Å². The van der Waals surface area contributed by atoms with Crippen molar-refractivity contribution in [3.05, 3.63) is 44.6 Å². The predicted octanol–water partition coefficient (Wildman–Crippen LogP) is 2.58. The molecule has 0 aromatic carbocycles. The van der Waals surface area contributed by atoms with Gasteiger partial charge in [0.25, 0.3) is 5.91 Å². The molecule has 0 aliphatic heterocycles. The Morgan fingerprint density at radius 3 is 3.06 bits per heavy atom. The zero-order valence-electron chi connectivity index (χ0n) is 9.81. The number of rotatable bonds is 4. The minimum Gasteiger partial charge on any atom is -0.350 e. The topological polar surface area (TPSA) is 54.9 Å². The summed E-state index contributed by atoms with van der Waals surface area (Å²) in [7, 11) is 0. The number of nitrogens with zero attached hydrogens (tertiary/aromatic N) is 2. The van der Waals surface area contributed by atoms with E-state index in [-0.39, 0.29) is 5.91 Å². The maximum absolute atomic E-state index is 11.8. The number of thiazole rings is 1. The van der Waals surface area contributed by atoms with E-state index in [2.05, 4.69) is 31.2 Å². The number of nitrogens with one attached hydrogen (secondary N) is 1. The molecule has 18 heavy (non-hydrogen) atoms. The second-order valence-corrected chi connectivity index (χ2v) is 5.52.